The van der Waals surface area contributed by atoms with Crippen molar-refractivity contribution >= 4 is 16.8 Å². The Morgan fingerprint density at radius 3 is 2.86 bits per heavy atom. The molecule has 1 saturated heterocycles. The molecule has 1 amide bonds. The third-order valence-corrected chi connectivity index (χ3v) is 4.05. The minimum absolute atomic E-state index is 0.0438. The molecule has 1 N–H and O–H groups in total. The minimum Gasteiger partial charge on any atom is -0.394 e. The van der Waals surface area contributed by atoms with Crippen LogP contribution in [0.2, 0.25) is 0 Å². The normalized spacial score (nSPS) is 16.1. The van der Waals surface area contributed by atoms with Crippen LogP contribution >= 0.6 is 0 Å². The van der Waals surface area contributed by atoms with Crippen LogP contribution in [0.25, 0.3) is 10.9 Å². The van der Waals surface area contributed by atoms with Crippen molar-refractivity contribution in [2.45, 2.75) is 18.9 Å². The maximum atomic E-state index is 12.8. The molecule has 22 heavy (non-hydrogen) atoms. The maximum Gasteiger partial charge on any atom is 0.254 e. The van der Waals surface area contributed by atoms with Gasteiger partial charge in [-0.1, -0.05) is 12.1 Å². The fourth-order valence-corrected chi connectivity index (χ4v) is 2.91. The fourth-order valence-electron chi connectivity index (χ4n) is 2.91. The summed E-state index contributed by atoms with van der Waals surface area (Å²) in [5.41, 5.74) is 1.55. The number of pyridine rings is 1. The number of carbonyl (C=O) groups excluding carboxylic acids is 1. The van der Waals surface area contributed by atoms with Gasteiger partial charge in [-0.3, -0.25) is 9.78 Å². The van der Waals surface area contributed by atoms with Crippen molar-refractivity contribution < 1.29 is 14.6 Å². The highest BCUT2D eigenvalue weighted by Gasteiger charge is 2.24. The predicted octanol–water partition coefficient (Wildman–Crippen LogP) is 1.85. The van der Waals surface area contributed by atoms with Crippen molar-refractivity contribution in [2.75, 3.05) is 26.3 Å². The number of carbonyl (C=O) groups is 1. The highest BCUT2D eigenvalue weighted by molar-refractivity contribution is 6.06. The van der Waals surface area contributed by atoms with Crippen LogP contribution < -0.4 is 0 Å². The average molecular weight is 300 g/mol. The number of aromatic nitrogens is 1. The summed E-state index contributed by atoms with van der Waals surface area (Å²) in [5.74, 6) is 0.0548. The zero-order valence-electron chi connectivity index (χ0n) is 12.4. The van der Waals surface area contributed by atoms with Crippen molar-refractivity contribution in [3.63, 3.8) is 0 Å². The standard InChI is InChI=1S/C17H20N2O3/c20-11-12-22-13-6-9-19(10-7-13)17(21)15-3-1-5-16-14(15)4-2-8-18-16/h1-5,8,13,20H,6-7,9-12H2. The zero-order valence-corrected chi connectivity index (χ0v) is 12.4. The third-order valence-electron chi connectivity index (χ3n) is 4.05. The summed E-state index contributed by atoms with van der Waals surface area (Å²) in [4.78, 5) is 18.9. The lowest BCUT2D eigenvalue weighted by atomic mass is 10.0. The Morgan fingerprint density at radius 1 is 1.27 bits per heavy atom. The molecule has 1 fully saturated rings. The molecule has 0 spiro atoms. The van der Waals surface area contributed by atoms with Crippen LogP contribution in [0.3, 0.4) is 0 Å². The third kappa shape index (κ3) is 3.10. The van der Waals surface area contributed by atoms with E-state index in [0.717, 1.165) is 23.7 Å². The summed E-state index contributed by atoms with van der Waals surface area (Å²) in [6.07, 6.45) is 3.51. The summed E-state index contributed by atoms with van der Waals surface area (Å²) in [7, 11) is 0. The lowest BCUT2D eigenvalue weighted by Gasteiger charge is -2.32. The molecule has 1 aromatic carbocycles. The molecule has 5 heteroatoms. The van der Waals surface area contributed by atoms with Gasteiger partial charge in [-0.15, -0.1) is 0 Å². The van der Waals surface area contributed by atoms with Crippen LogP contribution in [-0.4, -0.2) is 53.3 Å². The molecule has 0 bridgehead atoms. The number of piperidine rings is 1. The number of benzene rings is 1. The molecule has 2 aromatic rings. The Morgan fingerprint density at radius 2 is 2.09 bits per heavy atom. The molecule has 1 aliphatic heterocycles. The molecule has 116 valence electrons. The highest BCUT2D eigenvalue weighted by Crippen LogP contribution is 2.21. The number of amides is 1. The highest BCUT2D eigenvalue weighted by atomic mass is 16.5. The molecule has 3 rings (SSSR count). The molecule has 5 nitrogen and oxygen atoms in total. The number of aliphatic hydroxyl groups excluding tert-OH is 1. The summed E-state index contributed by atoms with van der Waals surface area (Å²) in [6.45, 7) is 1.78. The SMILES string of the molecule is O=C(c1cccc2ncccc12)N1CCC(OCCO)CC1. The number of hydrogen-bond donors (Lipinski definition) is 1. The Bertz CT molecular complexity index is 646. The minimum atomic E-state index is 0.0438. The van der Waals surface area contributed by atoms with Gasteiger partial charge in [0.2, 0.25) is 0 Å². The summed E-state index contributed by atoms with van der Waals surface area (Å²) in [6, 6.07) is 9.45. The number of likely N-dealkylation sites (tertiary alicyclic amines) is 1. The first-order valence-corrected chi connectivity index (χ1v) is 7.65. The zero-order chi connectivity index (χ0) is 15.4. The first-order chi connectivity index (χ1) is 10.8. The monoisotopic (exact) mass is 300 g/mol. The molecule has 0 radical (unpaired) electrons. The van der Waals surface area contributed by atoms with Crippen LogP contribution in [0.5, 0.6) is 0 Å². The van der Waals surface area contributed by atoms with E-state index in [4.69, 9.17) is 9.84 Å². The number of ether oxygens (including phenoxy) is 1. The van der Waals surface area contributed by atoms with Crippen LogP contribution in [0.1, 0.15) is 23.2 Å². The van der Waals surface area contributed by atoms with Crippen molar-refractivity contribution in [2.24, 2.45) is 0 Å². The number of hydrogen-bond acceptors (Lipinski definition) is 4. The number of fused-ring (bicyclic) bond motifs is 1. The number of nitrogens with zero attached hydrogens (tertiary/aromatic N) is 2. The first-order valence-electron chi connectivity index (χ1n) is 7.65. The summed E-state index contributed by atoms with van der Waals surface area (Å²) in [5, 5.41) is 9.69. The molecular weight excluding hydrogens is 280 g/mol. The largest absolute Gasteiger partial charge is 0.394 e. The maximum absolute atomic E-state index is 12.8. The van der Waals surface area contributed by atoms with Gasteiger partial charge in [-0.25, -0.2) is 0 Å². The first kappa shape index (κ1) is 14.9. The van der Waals surface area contributed by atoms with E-state index in [1.165, 1.54) is 0 Å². The molecular formula is C17H20N2O3. The average Bonchev–Trinajstić information content (AvgIpc) is 2.59. The van der Waals surface area contributed by atoms with Gasteiger partial charge in [-0.05, 0) is 31.0 Å². The van der Waals surface area contributed by atoms with Crippen LogP contribution in [-0.2, 0) is 4.74 Å². The predicted molar refractivity (Wildman–Crippen MR) is 83.7 cm³/mol. The molecule has 2 heterocycles. The second-order valence-corrected chi connectivity index (χ2v) is 5.46. The second-order valence-electron chi connectivity index (χ2n) is 5.46. The molecule has 0 aliphatic carbocycles. The van der Waals surface area contributed by atoms with Crippen LogP contribution in [0.15, 0.2) is 36.5 Å². The molecule has 0 unspecified atom stereocenters. The quantitative estimate of drug-likeness (QED) is 0.936. The topological polar surface area (TPSA) is 62.7 Å². The molecule has 1 aliphatic rings. The molecule has 0 atom stereocenters. The lowest BCUT2D eigenvalue weighted by Crippen LogP contribution is -2.41. The second kappa shape index (κ2) is 6.85. The van der Waals surface area contributed by atoms with Crippen molar-refractivity contribution in [1.29, 1.82) is 0 Å². The van der Waals surface area contributed by atoms with Gasteiger partial charge >= 0.3 is 0 Å². The Kier molecular flexibility index (Phi) is 4.65. The van der Waals surface area contributed by atoms with Crippen molar-refractivity contribution in [1.82, 2.24) is 9.88 Å². The van der Waals surface area contributed by atoms with E-state index in [2.05, 4.69) is 4.98 Å². The lowest BCUT2D eigenvalue weighted by molar-refractivity contribution is -0.00550. The van der Waals surface area contributed by atoms with E-state index in [-0.39, 0.29) is 18.6 Å². The van der Waals surface area contributed by atoms with E-state index in [9.17, 15) is 4.79 Å². The molecule has 0 saturated carbocycles. The van der Waals surface area contributed by atoms with Gasteiger partial charge in [-0.2, -0.15) is 0 Å². The van der Waals surface area contributed by atoms with Gasteiger partial charge in [0, 0.05) is 30.2 Å². The summed E-state index contributed by atoms with van der Waals surface area (Å²) >= 11 is 0. The van der Waals surface area contributed by atoms with Gasteiger partial charge in [0.1, 0.15) is 0 Å². The van der Waals surface area contributed by atoms with E-state index < -0.39 is 0 Å². The Labute approximate surface area is 129 Å². The van der Waals surface area contributed by atoms with Crippen LogP contribution in [0, 0.1) is 0 Å². The van der Waals surface area contributed by atoms with Crippen LogP contribution in [0.4, 0.5) is 0 Å². The van der Waals surface area contributed by atoms with E-state index in [0.29, 0.717) is 25.3 Å². The van der Waals surface area contributed by atoms with E-state index in [1.807, 2.05) is 35.2 Å². The van der Waals surface area contributed by atoms with Gasteiger partial charge < -0.3 is 14.7 Å². The van der Waals surface area contributed by atoms with Gasteiger partial charge in [0.05, 0.1) is 24.8 Å². The number of rotatable bonds is 4. The molecule has 1 aromatic heterocycles. The van der Waals surface area contributed by atoms with Gasteiger partial charge in [0.15, 0.2) is 0 Å². The number of aliphatic hydroxyl groups is 1. The van der Waals surface area contributed by atoms with E-state index >= 15 is 0 Å². The van der Waals surface area contributed by atoms with Crippen molar-refractivity contribution in [3.05, 3.63) is 42.1 Å². The Hall–Kier alpha value is -1.98. The van der Waals surface area contributed by atoms with Gasteiger partial charge in [0.25, 0.3) is 5.91 Å². The smallest absolute Gasteiger partial charge is 0.254 e. The Balaban J connectivity index is 1.72. The van der Waals surface area contributed by atoms with Crippen molar-refractivity contribution in [3.8, 4) is 0 Å². The summed E-state index contributed by atoms with van der Waals surface area (Å²) < 4.78 is 5.54. The van der Waals surface area contributed by atoms with E-state index in [1.54, 1.807) is 6.20 Å². The fraction of sp³-hybridized carbons (Fsp3) is 0.412.